The summed E-state index contributed by atoms with van der Waals surface area (Å²) in [4.78, 5) is 2.06. The number of hydrogen-bond acceptors (Lipinski definition) is 3. The monoisotopic (exact) mass is 205 g/mol. The fourth-order valence-corrected chi connectivity index (χ4v) is 1.49. The van der Waals surface area contributed by atoms with Crippen LogP contribution in [0.5, 0.6) is 0 Å². The van der Waals surface area contributed by atoms with Crippen molar-refractivity contribution < 1.29 is 0 Å². The molecule has 0 amide bonds. The summed E-state index contributed by atoms with van der Waals surface area (Å²) < 4.78 is 0. The first-order chi connectivity index (χ1) is 7.06. The van der Waals surface area contributed by atoms with Crippen molar-refractivity contribution in [2.24, 2.45) is 5.84 Å². The third-order valence-electron chi connectivity index (χ3n) is 2.40. The summed E-state index contributed by atoms with van der Waals surface area (Å²) in [5, 5.41) is 0. The largest absolute Gasteiger partial charge is 0.378 e. The molecule has 0 aliphatic carbocycles. The smallest absolute Gasteiger partial charge is 0.0664 e. The Bertz CT molecular complexity index is 327. The van der Waals surface area contributed by atoms with Crippen LogP contribution >= 0.6 is 0 Å². The van der Waals surface area contributed by atoms with E-state index in [1.807, 2.05) is 21.0 Å². The van der Waals surface area contributed by atoms with Gasteiger partial charge in [-0.3, -0.25) is 5.84 Å². The van der Waals surface area contributed by atoms with Gasteiger partial charge in [-0.25, -0.2) is 5.43 Å². The van der Waals surface area contributed by atoms with E-state index in [0.717, 1.165) is 11.1 Å². The van der Waals surface area contributed by atoms with Crippen LogP contribution in [0.1, 0.15) is 18.5 Å². The van der Waals surface area contributed by atoms with Crippen LogP contribution < -0.4 is 16.2 Å². The zero-order valence-electron chi connectivity index (χ0n) is 9.62. The summed E-state index contributed by atoms with van der Waals surface area (Å²) in [6, 6.07) is 8.30. The number of nitrogens with one attached hydrogen (secondary N) is 1. The summed E-state index contributed by atoms with van der Waals surface area (Å²) in [7, 11) is 4.04. The van der Waals surface area contributed by atoms with Gasteiger partial charge in [0, 0.05) is 19.8 Å². The molecule has 1 aromatic rings. The van der Waals surface area contributed by atoms with Crippen LogP contribution in [0.4, 0.5) is 5.69 Å². The first-order valence-electron chi connectivity index (χ1n) is 4.95. The molecule has 15 heavy (non-hydrogen) atoms. The fourth-order valence-electron chi connectivity index (χ4n) is 1.49. The molecule has 0 spiro atoms. The van der Waals surface area contributed by atoms with E-state index in [-0.39, 0.29) is 6.04 Å². The average Bonchev–Trinajstić information content (AvgIpc) is 2.19. The quantitative estimate of drug-likeness (QED) is 0.447. The van der Waals surface area contributed by atoms with Crippen molar-refractivity contribution >= 4 is 5.69 Å². The molecule has 1 atom stereocenters. The molecule has 3 N–H and O–H groups in total. The maximum Gasteiger partial charge on any atom is 0.0664 e. The van der Waals surface area contributed by atoms with Crippen molar-refractivity contribution in [1.82, 2.24) is 5.43 Å². The van der Waals surface area contributed by atoms with Crippen LogP contribution in [0, 0.1) is 0 Å². The van der Waals surface area contributed by atoms with Crippen molar-refractivity contribution in [2.45, 2.75) is 13.0 Å². The number of hydrazine groups is 1. The second-order valence-corrected chi connectivity index (χ2v) is 3.93. The Hall–Kier alpha value is -1.32. The van der Waals surface area contributed by atoms with Crippen LogP contribution in [0.3, 0.4) is 0 Å². The Kier molecular flexibility index (Phi) is 3.88. The molecule has 0 radical (unpaired) electrons. The van der Waals surface area contributed by atoms with Gasteiger partial charge in [0.2, 0.25) is 0 Å². The van der Waals surface area contributed by atoms with E-state index in [1.54, 1.807) is 0 Å². The minimum Gasteiger partial charge on any atom is -0.378 e. The minimum atomic E-state index is 0.0289. The maximum absolute atomic E-state index is 5.48. The molecule has 3 nitrogen and oxygen atoms in total. The Morgan fingerprint density at radius 1 is 1.33 bits per heavy atom. The molecule has 1 unspecified atom stereocenters. The lowest BCUT2D eigenvalue weighted by Gasteiger charge is -2.18. The molecular weight excluding hydrogens is 186 g/mol. The van der Waals surface area contributed by atoms with Crippen molar-refractivity contribution in [2.75, 3.05) is 19.0 Å². The first-order valence-corrected chi connectivity index (χ1v) is 4.95. The fraction of sp³-hybridized carbons (Fsp3) is 0.333. The van der Waals surface area contributed by atoms with Gasteiger partial charge in [-0.15, -0.1) is 0 Å². The number of hydrogen-bond donors (Lipinski definition) is 2. The van der Waals surface area contributed by atoms with E-state index in [1.165, 1.54) is 5.69 Å². The van der Waals surface area contributed by atoms with Crippen LogP contribution in [0.2, 0.25) is 0 Å². The van der Waals surface area contributed by atoms with Gasteiger partial charge < -0.3 is 4.90 Å². The van der Waals surface area contributed by atoms with E-state index in [0.29, 0.717) is 0 Å². The van der Waals surface area contributed by atoms with Crippen molar-refractivity contribution in [3.63, 3.8) is 0 Å². The van der Waals surface area contributed by atoms with Crippen LogP contribution in [0.25, 0.3) is 0 Å². The topological polar surface area (TPSA) is 41.3 Å². The maximum atomic E-state index is 5.48. The average molecular weight is 205 g/mol. The molecule has 0 saturated heterocycles. The Morgan fingerprint density at radius 2 is 1.87 bits per heavy atom. The molecule has 0 aliphatic heterocycles. The standard InChI is InChI=1S/C12H19N3/c1-9(2)12(14-13)10-5-7-11(8-6-10)15(3)4/h5-8,12,14H,1,13H2,2-4H3. The summed E-state index contributed by atoms with van der Waals surface area (Å²) >= 11 is 0. The first kappa shape index (κ1) is 11.8. The normalized spacial score (nSPS) is 12.3. The van der Waals surface area contributed by atoms with E-state index in [4.69, 9.17) is 5.84 Å². The summed E-state index contributed by atoms with van der Waals surface area (Å²) in [6.07, 6.45) is 0. The molecule has 0 fully saturated rings. The number of anilines is 1. The molecule has 3 heteroatoms. The van der Waals surface area contributed by atoms with Crippen LogP contribution in [-0.4, -0.2) is 14.1 Å². The highest BCUT2D eigenvalue weighted by molar-refractivity contribution is 5.47. The lowest BCUT2D eigenvalue weighted by atomic mass is 10.0. The van der Waals surface area contributed by atoms with Crippen molar-refractivity contribution in [1.29, 1.82) is 0 Å². The molecule has 0 heterocycles. The summed E-state index contributed by atoms with van der Waals surface area (Å²) in [6.45, 7) is 5.87. The number of nitrogens with two attached hydrogens (primary N) is 1. The van der Waals surface area contributed by atoms with Gasteiger partial charge in [0.05, 0.1) is 6.04 Å². The van der Waals surface area contributed by atoms with Crippen LogP contribution in [0.15, 0.2) is 36.4 Å². The minimum absolute atomic E-state index is 0.0289. The molecule has 0 bridgehead atoms. The lowest BCUT2D eigenvalue weighted by Crippen LogP contribution is -2.28. The van der Waals surface area contributed by atoms with Gasteiger partial charge in [-0.05, 0) is 24.6 Å². The predicted octanol–water partition coefficient (Wildman–Crippen LogP) is 1.83. The SMILES string of the molecule is C=C(C)C(NN)c1ccc(N(C)C)cc1. The molecule has 0 aromatic heterocycles. The van der Waals surface area contributed by atoms with Gasteiger partial charge in [0.15, 0.2) is 0 Å². The van der Waals surface area contributed by atoms with Gasteiger partial charge in [0.25, 0.3) is 0 Å². The summed E-state index contributed by atoms with van der Waals surface area (Å²) in [5.74, 6) is 5.48. The zero-order valence-corrected chi connectivity index (χ0v) is 9.62. The van der Waals surface area contributed by atoms with Crippen molar-refractivity contribution in [3.8, 4) is 0 Å². The molecular formula is C12H19N3. The second-order valence-electron chi connectivity index (χ2n) is 3.93. The third kappa shape index (κ3) is 2.81. The van der Waals surface area contributed by atoms with E-state index in [2.05, 4.69) is 41.2 Å². The van der Waals surface area contributed by atoms with E-state index < -0.39 is 0 Å². The van der Waals surface area contributed by atoms with Gasteiger partial charge in [-0.2, -0.15) is 0 Å². The van der Waals surface area contributed by atoms with E-state index in [9.17, 15) is 0 Å². The second kappa shape index (κ2) is 4.96. The lowest BCUT2D eigenvalue weighted by molar-refractivity contribution is 0.627. The molecule has 1 aromatic carbocycles. The highest BCUT2D eigenvalue weighted by Gasteiger charge is 2.09. The van der Waals surface area contributed by atoms with Gasteiger partial charge in [0.1, 0.15) is 0 Å². The van der Waals surface area contributed by atoms with E-state index >= 15 is 0 Å². The molecule has 1 rings (SSSR count). The van der Waals surface area contributed by atoms with Crippen LogP contribution in [-0.2, 0) is 0 Å². The Balaban J connectivity index is 2.92. The third-order valence-corrected chi connectivity index (χ3v) is 2.40. The van der Waals surface area contributed by atoms with Gasteiger partial charge >= 0.3 is 0 Å². The van der Waals surface area contributed by atoms with Crippen molar-refractivity contribution in [3.05, 3.63) is 42.0 Å². The predicted molar refractivity (Wildman–Crippen MR) is 65.6 cm³/mol. The Morgan fingerprint density at radius 3 is 2.20 bits per heavy atom. The number of nitrogens with zero attached hydrogens (tertiary/aromatic N) is 1. The summed E-state index contributed by atoms with van der Waals surface area (Å²) in [5.41, 5.74) is 6.07. The molecule has 82 valence electrons. The highest BCUT2D eigenvalue weighted by Crippen LogP contribution is 2.21. The number of benzene rings is 1. The molecule has 0 aliphatic rings. The van der Waals surface area contributed by atoms with Gasteiger partial charge in [-0.1, -0.05) is 24.3 Å². The number of rotatable bonds is 4. The zero-order chi connectivity index (χ0) is 11.4. The highest BCUT2D eigenvalue weighted by atomic mass is 15.2. The Labute approximate surface area is 91.6 Å². The molecule has 0 saturated carbocycles.